The largest absolute Gasteiger partial charge is 0.461 e. The van der Waals surface area contributed by atoms with Gasteiger partial charge in [-0.05, 0) is 91.6 Å². The number of halogens is 2. The van der Waals surface area contributed by atoms with Gasteiger partial charge < -0.3 is 38.4 Å². The fourth-order valence-corrected chi connectivity index (χ4v) is 9.27. The molecule has 3 atom stereocenters. The van der Waals surface area contributed by atoms with Crippen molar-refractivity contribution in [3.63, 3.8) is 0 Å². The molecular formula is C42H51F2N7O7S. The average molecular weight is 836 g/mol. The van der Waals surface area contributed by atoms with Crippen molar-refractivity contribution < 1.29 is 42.1 Å². The molecule has 7 rings (SSSR count). The van der Waals surface area contributed by atoms with Crippen LogP contribution in [-0.2, 0) is 25.6 Å². The summed E-state index contributed by atoms with van der Waals surface area (Å²) in [4.78, 5) is 41.7. The van der Waals surface area contributed by atoms with Crippen LogP contribution < -0.4 is 15.0 Å². The van der Waals surface area contributed by atoms with E-state index in [4.69, 9.17) is 28.7 Å². The number of hydrogen-bond acceptors (Lipinski definition) is 13. The standard InChI is InChI=1S/C42H51F2N7O7S/c1-22-27(21-54-9)32-35(34(44)30(22)33-28(43)12-13-29-31(33)26(16-45)37(59-29)48-39(52)57-41(2,3)4)46-38(56-20-25-19-49(8)14-15-55-25)47-36(32)51-23-10-11-24(51)18-50(17-23)40(53)58-42(5,6)7/h12-13,23-25H,10-11,14-15,17-21H2,1-9H3,(H,48,52)/t23?,24?,25-/m1/s1. The van der Waals surface area contributed by atoms with Crippen LogP contribution in [0.1, 0.15) is 71.1 Å². The topological polar surface area (TPSA) is 152 Å². The predicted octanol–water partition coefficient (Wildman–Crippen LogP) is 7.76. The molecule has 2 unspecified atom stereocenters. The van der Waals surface area contributed by atoms with Crippen molar-refractivity contribution in [3.8, 4) is 23.2 Å². The van der Waals surface area contributed by atoms with Gasteiger partial charge in [-0.15, -0.1) is 11.3 Å². The molecule has 5 heterocycles. The Morgan fingerprint density at radius 3 is 2.34 bits per heavy atom. The molecule has 3 fully saturated rings. The molecule has 4 aromatic rings. The van der Waals surface area contributed by atoms with E-state index in [1.165, 1.54) is 19.2 Å². The molecule has 2 aromatic heterocycles. The number of ether oxygens (including phenoxy) is 5. The summed E-state index contributed by atoms with van der Waals surface area (Å²) in [7, 11) is 3.50. The first-order valence-corrected chi connectivity index (χ1v) is 20.5. The van der Waals surface area contributed by atoms with Crippen LogP contribution in [0.5, 0.6) is 6.01 Å². The molecule has 59 heavy (non-hydrogen) atoms. The lowest BCUT2D eigenvalue weighted by molar-refractivity contribution is -0.0416. The Balaban J connectivity index is 1.41. The number of aromatic nitrogens is 2. The van der Waals surface area contributed by atoms with E-state index in [2.05, 4.69) is 26.2 Å². The fourth-order valence-electron chi connectivity index (χ4n) is 8.22. The van der Waals surface area contributed by atoms with E-state index in [-0.39, 0.29) is 70.0 Å². The van der Waals surface area contributed by atoms with Crippen molar-refractivity contribution in [2.75, 3.05) is 63.8 Å². The highest BCUT2D eigenvalue weighted by molar-refractivity contribution is 7.23. The minimum atomic E-state index is -0.845. The highest BCUT2D eigenvalue weighted by Gasteiger charge is 2.45. The summed E-state index contributed by atoms with van der Waals surface area (Å²) in [6.07, 6.45) is 0.0106. The number of carbonyl (C=O) groups excluding carboxylic acids is 2. The van der Waals surface area contributed by atoms with Crippen LogP contribution in [0.4, 0.5) is 29.2 Å². The number of rotatable bonds is 8. The van der Waals surface area contributed by atoms with Crippen LogP contribution in [-0.4, -0.2) is 115 Å². The van der Waals surface area contributed by atoms with E-state index >= 15 is 8.78 Å². The lowest BCUT2D eigenvalue weighted by Crippen LogP contribution is -2.56. The Bertz CT molecular complexity index is 2320. The Labute approximate surface area is 346 Å². The molecule has 3 aliphatic heterocycles. The number of morpholine rings is 1. The molecule has 0 saturated carbocycles. The van der Waals surface area contributed by atoms with Gasteiger partial charge in [-0.2, -0.15) is 15.2 Å². The first-order chi connectivity index (χ1) is 27.9. The molecule has 3 saturated heterocycles. The SMILES string of the molecule is COCc1c(C)c(-c2c(F)ccc3sc(NC(=O)OC(C)(C)C)c(C#N)c23)c(F)c2nc(OC[C@H]3CN(C)CCO3)nc(N3C4CCC3CN(C(=O)OC(C)(C)C)C4)c12. The van der Waals surface area contributed by atoms with Gasteiger partial charge in [0.05, 0.1) is 24.2 Å². The molecule has 17 heteroatoms. The molecule has 0 spiro atoms. The van der Waals surface area contributed by atoms with E-state index in [0.717, 1.165) is 30.7 Å². The third-order valence-corrected chi connectivity index (χ3v) is 11.7. The van der Waals surface area contributed by atoms with Crippen LogP contribution in [0.25, 0.3) is 32.1 Å². The molecule has 2 aromatic carbocycles. The Morgan fingerprint density at radius 1 is 1.02 bits per heavy atom. The maximum atomic E-state index is 17.8. The lowest BCUT2D eigenvalue weighted by atomic mass is 9.89. The van der Waals surface area contributed by atoms with Crippen molar-refractivity contribution in [1.82, 2.24) is 19.8 Å². The molecule has 2 amide bonds. The van der Waals surface area contributed by atoms with Crippen LogP contribution in [0.3, 0.4) is 0 Å². The van der Waals surface area contributed by atoms with E-state index in [9.17, 15) is 14.9 Å². The van der Waals surface area contributed by atoms with Gasteiger partial charge in [0.2, 0.25) is 0 Å². The van der Waals surface area contributed by atoms with Gasteiger partial charge in [-0.25, -0.2) is 18.4 Å². The number of likely N-dealkylation sites (tertiary alicyclic amines) is 1. The number of anilines is 2. The molecule has 0 aliphatic carbocycles. The second-order valence-electron chi connectivity index (χ2n) is 17.4. The number of nitrogens with one attached hydrogen (secondary N) is 1. The minimum absolute atomic E-state index is 0.0145. The molecule has 14 nitrogen and oxygen atoms in total. The van der Waals surface area contributed by atoms with Crippen molar-refractivity contribution in [3.05, 3.63) is 40.5 Å². The van der Waals surface area contributed by atoms with Crippen LogP contribution in [0.2, 0.25) is 0 Å². The van der Waals surface area contributed by atoms with E-state index < -0.39 is 35.0 Å². The molecule has 0 radical (unpaired) electrons. The smallest absolute Gasteiger partial charge is 0.412 e. The number of piperazine rings is 1. The maximum absolute atomic E-state index is 17.8. The first kappa shape index (κ1) is 42.2. The van der Waals surface area contributed by atoms with Crippen molar-refractivity contribution in [2.45, 2.75) is 97.3 Å². The summed E-state index contributed by atoms with van der Waals surface area (Å²) in [5, 5.41) is 13.7. The Kier molecular flexibility index (Phi) is 11.7. The summed E-state index contributed by atoms with van der Waals surface area (Å²) in [5.41, 5.74) is -1.04. The van der Waals surface area contributed by atoms with E-state index in [1.54, 1.807) is 32.6 Å². The molecule has 2 bridgehead atoms. The number of carbonyl (C=O) groups is 2. The van der Waals surface area contributed by atoms with Gasteiger partial charge in [0, 0.05) is 66.6 Å². The molecule has 1 N–H and O–H groups in total. The number of nitrogens with zero attached hydrogens (tertiary/aromatic N) is 6. The monoisotopic (exact) mass is 835 g/mol. The number of thiophene rings is 1. The predicted molar refractivity (Wildman–Crippen MR) is 220 cm³/mol. The molecular weight excluding hydrogens is 785 g/mol. The van der Waals surface area contributed by atoms with Crippen LogP contribution in [0.15, 0.2) is 12.1 Å². The minimum Gasteiger partial charge on any atom is -0.461 e. The van der Waals surface area contributed by atoms with Gasteiger partial charge in [-0.3, -0.25) is 5.32 Å². The second-order valence-corrected chi connectivity index (χ2v) is 18.4. The highest BCUT2D eigenvalue weighted by Crippen LogP contribution is 2.48. The summed E-state index contributed by atoms with van der Waals surface area (Å²) < 4.78 is 63.8. The van der Waals surface area contributed by atoms with Crippen LogP contribution >= 0.6 is 11.3 Å². The zero-order chi connectivity index (χ0) is 42.6. The Hall–Kier alpha value is -4.89. The van der Waals surface area contributed by atoms with Gasteiger partial charge in [-0.1, -0.05) is 0 Å². The zero-order valence-electron chi connectivity index (χ0n) is 35.0. The number of fused-ring (bicyclic) bond motifs is 4. The number of methoxy groups -OCH3 is 1. The maximum Gasteiger partial charge on any atom is 0.412 e. The zero-order valence-corrected chi connectivity index (χ0v) is 35.8. The number of amides is 2. The fraction of sp³-hybridized carbons (Fsp3) is 0.548. The third kappa shape index (κ3) is 8.59. The number of nitriles is 1. The van der Waals surface area contributed by atoms with Crippen LogP contribution in [0, 0.1) is 29.9 Å². The average Bonchev–Trinajstić information content (AvgIpc) is 3.63. The number of likely N-dealkylation sites (N-methyl/N-ethyl adjacent to an activating group) is 1. The molecule has 316 valence electrons. The van der Waals surface area contributed by atoms with E-state index in [0.29, 0.717) is 53.3 Å². The second kappa shape index (κ2) is 16.3. The summed E-state index contributed by atoms with van der Waals surface area (Å²) in [5.74, 6) is -1.21. The third-order valence-electron chi connectivity index (χ3n) is 10.6. The van der Waals surface area contributed by atoms with Gasteiger partial charge in [0.15, 0.2) is 5.82 Å². The number of hydrogen-bond donors (Lipinski definition) is 1. The quantitative estimate of drug-likeness (QED) is 0.185. The summed E-state index contributed by atoms with van der Waals surface area (Å²) in [6, 6.07) is 4.36. The van der Waals surface area contributed by atoms with Crippen molar-refractivity contribution >= 4 is 55.3 Å². The highest BCUT2D eigenvalue weighted by atomic mass is 32.1. The normalized spacial score (nSPS) is 19.9. The van der Waals surface area contributed by atoms with Gasteiger partial charge in [0.1, 0.15) is 52.1 Å². The summed E-state index contributed by atoms with van der Waals surface area (Å²) >= 11 is 1.05. The van der Waals surface area contributed by atoms with Gasteiger partial charge >= 0.3 is 18.2 Å². The van der Waals surface area contributed by atoms with Crippen molar-refractivity contribution in [1.29, 1.82) is 5.26 Å². The lowest BCUT2D eigenvalue weighted by Gasteiger charge is -2.42. The summed E-state index contributed by atoms with van der Waals surface area (Å²) in [6.45, 7) is 15.0. The Morgan fingerprint density at radius 2 is 1.71 bits per heavy atom. The van der Waals surface area contributed by atoms with Gasteiger partial charge in [0.25, 0.3) is 0 Å². The van der Waals surface area contributed by atoms with Crippen molar-refractivity contribution in [2.24, 2.45) is 0 Å². The first-order valence-electron chi connectivity index (χ1n) is 19.7. The van der Waals surface area contributed by atoms with E-state index in [1.807, 2.05) is 27.8 Å². The molecule has 3 aliphatic rings. The number of benzene rings is 2.